The zero-order chi connectivity index (χ0) is 4.12. The molecule has 0 unspecified atom stereocenters. The van der Waals surface area contributed by atoms with Crippen LogP contribution < -0.4 is 5.43 Å². The summed E-state index contributed by atoms with van der Waals surface area (Å²) < 4.78 is 0. The number of hydrogen-bond donors (Lipinski definition) is 1. The van der Waals surface area contributed by atoms with Crippen LogP contribution in [0.2, 0.25) is 0 Å². The van der Waals surface area contributed by atoms with E-state index < -0.39 is 0 Å². The van der Waals surface area contributed by atoms with Crippen LogP contribution in [0, 0.1) is 5.39 Å². The summed E-state index contributed by atoms with van der Waals surface area (Å²) in [6.45, 7) is 2.52. The molecule has 0 radical (unpaired) electrons. The van der Waals surface area contributed by atoms with Crippen molar-refractivity contribution in [1.29, 1.82) is 5.39 Å². The largest absolute Gasteiger partial charge is 0.302 e. The summed E-state index contributed by atoms with van der Waals surface area (Å²) in [4.78, 5) is 0. The van der Waals surface area contributed by atoms with Gasteiger partial charge in [0.25, 0.3) is 5.39 Å². The molecule has 0 aromatic carbocycles. The van der Waals surface area contributed by atoms with Crippen molar-refractivity contribution in [3.8, 4) is 0 Å². The lowest BCUT2D eigenvalue weighted by molar-refractivity contribution is 0.889. The maximum absolute atomic E-state index is 7.58. The fourth-order valence-corrected chi connectivity index (χ4v) is 0.0707. The molecule has 0 fully saturated rings. The van der Waals surface area contributed by atoms with E-state index in [0.29, 0.717) is 6.54 Å². The van der Waals surface area contributed by atoms with E-state index in [2.05, 4.69) is 10.5 Å². The van der Waals surface area contributed by atoms with Crippen molar-refractivity contribution in [3.05, 3.63) is 5.08 Å². The zero-order valence-electron chi connectivity index (χ0n) is 3.10. The molecule has 3 heteroatoms. The van der Waals surface area contributed by atoms with Crippen molar-refractivity contribution in [2.24, 2.45) is 0 Å². The standard InChI is InChI=1S/C2H6N3/c1-2-4-5-3/h4H,2H2,1H3/q+1. The highest BCUT2D eigenvalue weighted by Gasteiger charge is 1.73. The lowest BCUT2D eigenvalue weighted by atomic mass is 10.8. The number of rotatable bonds is 1. The lowest BCUT2D eigenvalue weighted by Crippen LogP contribution is -1.96. The first-order chi connectivity index (χ1) is 2.41. The van der Waals surface area contributed by atoms with Crippen molar-refractivity contribution in [2.75, 3.05) is 6.54 Å². The highest BCUT2D eigenvalue weighted by molar-refractivity contribution is 4.33. The molecule has 0 rings (SSSR count). The Hall–Kier alpha value is -0.780. The third-order valence-corrected chi connectivity index (χ3v) is 0.229. The van der Waals surface area contributed by atoms with Crippen LogP contribution >= 0.6 is 0 Å². The van der Waals surface area contributed by atoms with Crippen LogP contribution in [0.5, 0.6) is 0 Å². The summed E-state index contributed by atoms with van der Waals surface area (Å²) in [5, 5.41) is 10.2. The fourth-order valence-electron chi connectivity index (χ4n) is 0.0707. The molecule has 5 heavy (non-hydrogen) atoms. The van der Waals surface area contributed by atoms with Crippen molar-refractivity contribution in [2.45, 2.75) is 6.92 Å². The minimum atomic E-state index is 0.677. The Labute approximate surface area is 30.6 Å². The molecule has 0 atom stereocenters. The molecule has 0 aromatic rings. The van der Waals surface area contributed by atoms with Crippen LogP contribution in [-0.2, 0) is 0 Å². The summed E-state index contributed by atoms with van der Waals surface area (Å²) in [6, 6.07) is 0. The molecule has 0 aliphatic carbocycles. The first-order valence-electron chi connectivity index (χ1n) is 1.48. The van der Waals surface area contributed by atoms with Gasteiger partial charge in [0.05, 0.1) is 6.54 Å². The van der Waals surface area contributed by atoms with Crippen molar-refractivity contribution < 1.29 is 0 Å². The van der Waals surface area contributed by atoms with Crippen LogP contribution in [-0.4, -0.2) is 6.54 Å². The molecular formula is C2H6N3+. The van der Waals surface area contributed by atoms with E-state index in [1.165, 1.54) is 0 Å². The van der Waals surface area contributed by atoms with Gasteiger partial charge in [0.2, 0.25) is 0 Å². The van der Waals surface area contributed by atoms with Gasteiger partial charge in [-0.25, -0.2) is 0 Å². The average Bonchev–Trinajstić information content (AvgIpc) is 1.41. The Morgan fingerprint density at radius 3 is 2.60 bits per heavy atom. The van der Waals surface area contributed by atoms with Gasteiger partial charge in [-0.2, -0.15) is 0 Å². The van der Waals surface area contributed by atoms with Gasteiger partial charge in [0.1, 0.15) is 0 Å². The molecule has 0 aliphatic rings. The van der Waals surface area contributed by atoms with E-state index in [1.54, 1.807) is 0 Å². The number of nitrogens with one attached hydrogen (secondary N) is 1. The highest BCUT2D eigenvalue weighted by Crippen LogP contribution is 1.46. The Kier molecular flexibility index (Phi) is 2.72. The number of diazo groups is 1. The Bertz CT molecular complexity index is 43.3. The molecule has 0 spiro atoms. The second-order valence-corrected chi connectivity index (χ2v) is 0.612. The molecule has 0 amide bonds. The molecule has 0 saturated heterocycles. The normalized spacial score (nSPS) is 5.60. The van der Waals surface area contributed by atoms with E-state index in [9.17, 15) is 0 Å². The quantitative estimate of drug-likeness (QED) is 0.359. The summed E-state index contributed by atoms with van der Waals surface area (Å²) in [6.07, 6.45) is 0. The lowest BCUT2D eigenvalue weighted by Gasteiger charge is -1.59. The fraction of sp³-hybridized carbons (Fsp3) is 1.00. The van der Waals surface area contributed by atoms with Crippen molar-refractivity contribution in [1.82, 2.24) is 5.43 Å². The third kappa shape index (κ3) is 3.22. The van der Waals surface area contributed by atoms with Gasteiger partial charge in [-0.05, 0) is 12.3 Å². The molecule has 0 aliphatic heterocycles. The zero-order valence-corrected chi connectivity index (χ0v) is 3.10. The van der Waals surface area contributed by atoms with E-state index in [1.807, 2.05) is 6.92 Å². The summed E-state index contributed by atoms with van der Waals surface area (Å²) >= 11 is 0. The van der Waals surface area contributed by atoms with Gasteiger partial charge in [-0.1, -0.05) is 0 Å². The number of nitrogens with zero attached hydrogens (tertiary/aromatic N) is 2. The van der Waals surface area contributed by atoms with Gasteiger partial charge in [-0.3, -0.25) is 0 Å². The maximum Gasteiger partial charge on any atom is 0.302 e. The summed E-state index contributed by atoms with van der Waals surface area (Å²) in [7, 11) is 0. The van der Waals surface area contributed by atoms with Gasteiger partial charge in [-0.15, -0.1) is 0 Å². The second-order valence-electron chi connectivity index (χ2n) is 0.612. The SMILES string of the molecule is CCN[N+]#N. The van der Waals surface area contributed by atoms with Gasteiger partial charge in [0.15, 0.2) is 0 Å². The van der Waals surface area contributed by atoms with Crippen LogP contribution in [0.3, 0.4) is 0 Å². The van der Waals surface area contributed by atoms with E-state index in [4.69, 9.17) is 5.39 Å². The van der Waals surface area contributed by atoms with Crippen LogP contribution in [0.25, 0.3) is 5.08 Å². The third-order valence-electron chi connectivity index (χ3n) is 0.229. The average molecular weight is 72.1 g/mol. The molecular weight excluding hydrogens is 66.0 g/mol. The first kappa shape index (κ1) is 4.22. The smallest absolute Gasteiger partial charge is 0.0446 e. The van der Waals surface area contributed by atoms with Crippen LogP contribution in [0.4, 0.5) is 0 Å². The Balaban J connectivity index is 2.48. The highest BCUT2D eigenvalue weighted by atomic mass is 15.3. The molecule has 3 nitrogen and oxygen atoms in total. The Morgan fingerprint density at radius 1 is 2.00 bits per heavy atom. The molecule has 1 N–H and O–H groups in total. The minimum absolute atomic E-state index is 0.677. The van der Waals surface area contributed by atoms with E-state index in [-0.39, 0.29) is 0 Å². The topological polar surface area (TPSA) is 40.2 Å². The maximum atomic E-state index is 7.58. The van der Waals surface area contributed by atoms with Crippen LogP contribution in [0.15, 0.2) is 0 Å². The Morgan fingerprint density at radius 2 is 2.60 bits per heavy atom. The van der Waals surface area contributed by atoms with Crippen molar-refractivity contribution >= 4 is 0 Å². The molecule has 0 heterocycles. The predicted octanol–water partition coefficient (Wildman–Crippen LogP) is 0.364. The summed E-state index contributed by atoms with van der Waals surface area (Å²) in [5.74, 6) is 0. The predicted molar refractivity (Wildman–Crippen MR) is 18.8 cm³/mol. The first-order valence-corrected chi connectivity index (χ1v) is 1.48. The molecule has 0 aromatic heterocycles. The van der Waals surface area contributed by atoms with Gasteiger partial charge in [0, 0.05) is 0 Å². The summed E-state index contributed by atoms with van der Waals surface area (Å²) in [5.41, 5.74) is 2.29. The second kappa shape index (κ2) is 3.22. The van der Waals surface area contributed by atoms with Gasteiger partial charge < -0.3 is 0 Å². The van der Waals surface area contributed by atoms with Gasteiger partial charge >= 0.3 is 5.08 Å². The van der Waals surface area contributed by atoms with Crippen molar-refractivity contribution in [3.63, 3.8) is 0 Å². The van der Waals surface area contributed by atoms with E-state index >= 15 is 0 Å². The number of hydrogen-bond acceptors (Lipinski definition) is 2. The monoisotopic (exact) mass is 72.1 g/mol. The molecule has 28 valence electrons. The minimum Gasteiger partial charge on any atom is -0.0446 e. The molecule has 0 bridgehead atoms. The van der Waals surface area contributed by atoms with E-state index in [0.717, 1.165) is 0 Å². The molecule has 0 saturated carbocycles. The van der Waals surface area contributed by atoms with Crippen LogP contribution in [0.1, 0.15) is 6.92 Å².